The SMILES string of the molecule is CCCCCCCc1c(C)[nH]c2cc(OC)c(F)cc2c1=O. The van der Waals surface area contributed by atoms with Gasteiger partial charge in [-0.25, -0.2) is 4.39 Å². The Morgan fingerprint density at radius 2 is 1.91 bits per heavy atom. The number of benzene rings is 1. The maximum absolute atomic E-state index is 13.8. The second-order valence-corrected chi connectivity index (χ2v) is 5.75. The minimum Gasteiger partial charge on any atom is -0.494 e. The van der Waals surface area contributed by atoms with Crippen LogP contribution in [0.3, 0.4) is 0 Å². The zero-order chi connectivity index (χ0) is 16.1. The van der Waals surface area contributed by atoms with E-state index in [9.17, 15) is 9.18 Å². The van der Waals surface area contributed by atoms with E-state index >= 15 is 0 Å². The quantitative estimate of drug-likeness (QED) is 0.765. The van der Waals surface area contributed by atoms with Crippen LogP contribution in [0.25, 0.3) is 10.9 Å². The van der Waals surface area contributed by atoms with E-state index in [1.54, 1.807) is 6.07 Å². The number of methoxy groups -OCH3 is 1. The molecule has 2 aromatic rings. The average molecular weight is 305 g/mol. The van der Waals surface area contributed by atoms with E-state index in [2.05, 4.69) is 11.9 Å². The lowest BCUT2D eigenvalue weighted by molar-refractivity contribution is 0.387. The van der Waals surface area contributed by atoms with E-state index in [0.717, 1.165) is 30.5 Å². The van der Waals surface area contributed by atoms with Crippen molar-refractivity contribution in [1.82, 2.24) is 4.98 Å². The highest BCUT2D eigenvalue weighted by Gasteiger charge is 2.12. The van der Waals surface area contributed by atoms with Crippen LogP contribution in [-0.2, 0) is 6.42 Å². The molecule has 1 N–H and O–H groups in total. The van der Waals surface area contributed by atoms with Crippen LogP contribution < -0.4 is 10.2 Å². The second-order valence-electron chi connectivity index (χ2n) is 5.75. The molecule has 1 aromatic heterocycles. The second kappa shape index (κ2) is 7.43. The number of aryl methyl sites for hydroxylation is 1. The molecule has 22 heavy (non-hydrogen) atoms. The molecule has 0 fully saturated rings. The summed E-state index contributed by atoms with van der Waals surface area (Å²) in [5.74, 6) is -0.354. The number of pyridine rings is 1. The van der Waals surface area contributed by atoms with E-state index in [1.807, 2.05) is 6.92 Å². The van der Waals surface area contributed by atoms with Crippen LogP contribution in [0.15, 0.2) is 16.9 Å². The highest BCUT2D eigenvalue weighted by Crippen LogP contribution is 2.23. The largest absolute Gasteiger partial charge is 0.494 e. The molecule has 0 bridgehead atoms. The van der Waals surface area contributed by atoms with Crippen molar-refractivity contribution in [2.45, 2.75) is 52.4 Å². The van der Waals surface area contributed by atoms with Crippen LogP contribution in [0.2, 0.25) is 0 Å². The molecule has 0 saturated heterocycles. The van der Waals surface area contributed by atoms with Crippen LogP contribution in [0, 0.1) is 12.7 Å². The van der Waals surface area contributed by atoms with Gasteiger partial charge in [0.25, 0.3) is 0 Å². The first-order chi connectivity index (χ1) is 10.6. The Balaban J connectivity index is 2.30. The first-order valence-corrected chi connectivity index (χ1v) is 7.97. The van der Waals surface area contributed by atoms with E-state index in [-0.39, 0.29) is 11.2 Å². The van der Waals surface area contributed by atoms with Gasteiger partial charge in [0, 0.05) is 22.7 Å². The molecule has 0 saturated carbocycles. The highest BCUT2D eigenvalue weighted by atomic mass is 19.1. The fourth-order valence-electron chi connectivity index (χ4n) is 2.82. The minimum atomic E-state index is -0.502. The lowest BCUT2D eigenvalue weighted by Gasteiger charge is -2.10. The number of fused-ring (bicyclic) bond motifs is 1. The van der Waals surface area contributed by atoms with Gasteiger partial charge in [0.1, 0.15) is 0 Å². The third-order valence-corrected chi connectivity index (χ3v) is 4.12. The number of rotatable bonds is 7. The summed E-state index contributed by atoms with van der Waals surface area (Å²) >= 11 is 0. The average Bonchev–Trinajstić information content (AvgIpc) is 2.50. The molecule has 0 unspecified atom stereocenters. The number of unbranched alkanes of at least 4 members (excludes halogenated alkanes) is 4. The van der Waals surface area contributed by atoms with Gasteiger partial charge in [-0.05, 0) is 25.8 Å². The Bertz CT molecular complexity index is 706. The normalized spacial score (nSPS) is 11.1. The first kappa shape index (κ1) is 16.5. The number of aromatic amines is 1. The third-order valence-electron chi connectivity index (χ3n) is 4.12. The predicted octanol–water partition coefficient (Wildman–Crippen LogP) is 4.50. The van der Waals surface area contributed by atoms with E-state index < -0.39 is 5.82 Å². The molecule has 0 aliphatic carbocycles. The van der Waals surface area contributed by atoms with Crippen molar-refractivity contribution >= 4 is 10.9 Å². The predicted molar refractivity (Wildman–Crippen MR) is 88.3 cm³/mol. The van der Waals surface area contributed by atoms with Gasteiger partial charge in [0.2, 0.25) is 0 Å². The van der Waals surface area contributed by atoms with Gasteiger partial charge in [-0.1, -0.05) is 32.6 Å². The smallest absolute Gasteiger partial charge is 0.192 e. The molecule has 120 valence electrons. The van der Waals surface area contributed by atoms with Gasteiger partial charge in [0.05, 0.1) is 12.6 Å². The molecule has 4 heteroatoms. The third kappa shape index (κ3) is 3.49. The number of halogens is 1. The van der Waals surface area contributed by atoms with Crippen molar-refractivity contribution in [3.63, 3.8) is 0 Å². The van der Waals surface area contributed by atoms with Crippen LogP contribution in [0.1, 0.15) is 50.3 Å². The van der Waals surface area contributed by atoms with Crippen molar-refractivity contribution in [3.8, 4) is 5.75 Å². The molecule has 0 spiro atoms. The molecule has 0 aliphatic heterocycles. The fourth-order valence-corrected chi connectivity index (χ4v) is 2.82. The monoisotopic (exact) mass is 305 g/mol. The maximum atomic E-state index is 13.8. The molecule has 0 aliphatic rings. The Labute approximate surface area is 130 Å². The number of aromatic nitrogens is 1. The van der Waals surface area contributed by atoms with Crippen molar-refractivity contribution in [2.24, 2.45) is 0 Å². The van der Waals surface area contributed by atoms with Gasteiger partial charge < -0.3 is 9.72 Å². The lowest BCUT2D eigenvalue weighted by Crippen LogP contribution is -2.14. The number of H-pyrrole nitrogens is 1. The number of hydrogen-bond acceptors (Lipinski definition) is 2. The van der Waals surface area contributed by atoms with Crippen molar-refractivity contribution in [2.75, 3.05) is 7.11 Å². The molecule has 2 rings (SSSR count). The van der Waals surface area contributed by atoms with Gasteiger partial charge in [-0.2, -0.15) is 0 Å². The zero-order valence-corrected chi connectivity index (χ0v) is 13.6. The standard InChI is InChI=1S/C18H24FNO2/c1-4-5-6-7-8-9-13-12(2)20-16-11-17(22-3)15(19)10-14(16)18(13)21/h10-11H,4-9H2,1-3H3,(H,20,21). The number of ether oxygens (including phenoxy) is 1. The summed E-state index contributed by atoms with van der Waals surface area (Å²) in [6.45, 7) is 4.08. The van der Waals surface area contributed by atoms with Gasteiger partial charge >= 0.3 is 0 Å². The molecule has 0 atom stereocenters. The Kier molecular flexibility index (Phi) is 5.58. The molecule has 0 radical (unpaired) electrons. The highest BCUT2D eigenvalue weighted by molar-refractivity contribution is 5.81. The summed E-state index contributed by atoms with van der Waals surface area (Å²) in [7, 11) is 1.42. The summed E-state index contributed by atoms with van der Waals surface area (Å²) < 4.78 is 18.8. The number of hydrogen-bond donors (Lipinski definition) is 1. The summed E-state index contributed by atoms with van der Waals surface area (Å²) in [5.41, 5.74) is 2.19. The molecule has 1 aromatic carbocycles. The summed E-state index contributed by atoms with van der Waals surface area (Å²) in [6, 6.07) is 2.82. The zero-order valence-electron chi connectivity index (χ0n) is 13.6. The summed E-state index contributed by atoms with van der Waals surface area (Å²) in [6.07, 6.45) is 6.51. The van der Waals surface area contributed by atoms with Crippen LogP contribution in [0.4, 0.5) is 4.39 Å². The minimum absolute atomic E-state index is 0.0664. The Hall–Kier alpha value is -1.84. The van der Waals surface area contributed by atoms with E-state index in [4.69, 9.17) is 4.74 Å². The topological polar surface area (TPSA) is 42.1 Å². The number of nitrogens with one attached hydrogen (secondary N) is 1. The molecule has 0 amide bonds. The molecule has 3 nitrogen and oxygen atoms in total. The van der Waals surface area contributed by atoms with Crippen molar-refractivity contribution < 1.29 is 9.13 Å². The van der Waals surface area contributed by atoms with Crippen LogP contribution >= 0.6 is 0 Å². The Morgan fingerprint density at radius 1 is 1.18 bits per heavy atom. The van der Waals surface area contributed by atoms with Crippen LogP contribution in [0.5, 0.6) is 5.75 Å². The van der Waals surface area contributed by atoms with Gasteiger partial charge in [-0.3, -0.25) is 4.79 Å². The van der Waals surface area contributed by atoms with Crippen LogP contribution in [-0.4, -0.2) is 12.1 Å². The summed E-state index contributed by atoms with van der Waals surface area (Å²) in [4.78, 5) is 15.8. The maximum Gasteiger partial charge on any atom is 0.192 e. The van der Waals surface area contributed by atoms with E-state index in [1.165, 1.54) is 32.4 Å². The summed E-state index contributed by atoms with van der Waals surface area (Å²) in [5, 5.41) is 0.396. The Morgan fingerprint density at radius 3 is 2.59 bits per heavy atom. The van der Waals surface area contributed by atoms with E-state index in [0.29, 0.717) is 10.9 Å². The lowest BCUT2D eigenvalue weighted by atomic mass is 10.0. The van der Waals surface area contributed by atoms with Crippen molar-refractivity contribution in [3.05, 3.63) is 39.4 Å². The molecule has 1 heterocycles. The molecular formula is C18H24FNO2. The fraction of sp³-hybridized carbons (Fsp3) is 0.500. The van der Waals surface area contributed by atoms with Gasteiger partial charge in [0.15, 0.2) is 17.0 Å². The first-order valence-electron chi connectivity index (χ1n) is 7.97. The molecular weight excluding hydrogens is 281 g/mol. The van der Waals surface area contributed by atoms with Gasteiger partial charge in [-0.15, -0.1) is 0 Å². The van der Waals surface area contributed by atoms with Crippen molar-refractivity contribution in [1.29, 1.82) is 0 Å².